The Balaban J connectivity index is 1.43. The molecule has 180 valence electrons. The molecule has 2 bridgehead atoms. The molecule has 3 unspecified atom stereocenters. The van der Waals surface area contributed by atoms with Gasteiger partial charge in [0.15, 0.2) is 0 Å². The van der Waals surface area contributed by atoms with Gasteiger partial charge in [0.1, 0.15) is 5.75 Å². The van der Waals surface area contributed by atoms with Gasteiger partial charge in [-0.2, -0.15) is 0 Å². The summed E-state index contributed by atoms with van der Waals surface area (Å²) >= 11 is 0. The lowest BCUT2D eigenvalue weighted by Crippen LogP contribution is -2.61. The molecular formula is C29H37N3O2. The van der Waals surface area contributed by atoms with E-state index in [2.05, 4.69) is 34.6 Å². The lowest BCUT2D eigenvalue weighted by molar-refractivity contribution is -0.0128. The van der Waals surface area contributed by atoms with Crippen molar-refractivity contribution in [3.05, 3.63) is 77.9 Å². The largest absolute Gasteiger partial charge is 0.508 e. The fourth-order valence-electron chi connectivity index (χ4n) is 6.28. The van der Waals surface area contributed by atoms with E-state index in [1.807, 2.05) is 35.2 Å². The molecule has 3 atom stereocenters. The second kappa shape index (κ2) is 10.3. The average molecular weight is 460 g/mol. The van der Waals surface area contributed by atoms with Gasteiger partial charge in [-0.1, -0.05) is 36.8 Å². The van der Waals surface area contributed by atoms with Crippen LogP contribution in [0.2, 0.25) is 0 Å². The Bertz CT molecular complexity index is 985. The van der Waals surface area contributed by atoms with Crippen molar-refractivity contribution in [3.63, 3.8) is 0 Å². The zero-order chi connectivity index (χ0) is 23.5. The van der Waals surface area contributed by atoms with Crippen molar-refractivity contribution >= 4 is 5.91 Å². The highest BCUT2D eigenvalue weighted by Gasteiger charge is 2.39. The van der Waals surface area contributed by atoms with Gasteiger partial charge in [0.25, 0.3) is 5.91 Å². The number of benzene rings is 2. The van der Waals surface area contributed by atoms with Gasteiger partial charge < -0.3 is 10.0 Å². The molecule has 0 aliphatic carbocycles. The van der Waals surface area contributed by atoms with E-state index in [0.717, 1.165) is 56.7 Å². The van der Waals surface area contributed by atoms with Crippen LogP contribution in [0.5, 0.6) is 5.75 Å². The highest BCUT2D eigenvalue weighted by atomic mass is 16.3. The van der Waals surface area contributed by atoms with E-state index in [9.17, 15) is 9.90 Å². The lowest BCUT2D eigenvalue weighted by Gasteiger charge is -2.52. The summed E-state index contributed by atoms with van der Waals surface area (Å²) in [6.07, 6.45) is 9.18. The first-order valence-corrected chi connectivity index (χ1v) is 12.9. The summed E-state index contributed by atoms with van der Waals surface area (Å²) in [4.78, 5) is 20.2. The highest BCUT2D eigenvalue weighted by molar-refractivity contribution is 5.94. The number of nitrogens with zero attached hydrogens (tertiary/aromatic N) is 3. The van der Waals surface area contributed by atoms with E-state index < -0.39 is 0 Å². The van der Waals surface area contributed by atoms with Gasteiger partial charge in [-0.3, -0.25) is 14.6 Å². The van der Waals surface area contributed by atoms with Crippen molar-refractivity contribution in [2.75, 3.05) is 32.7 Å². The first-order chi connectivity index (χ1) is 16.6. The van der Waals surface area contributed by atoms with E-state index in [1.165, 1.54) is 31.2 Å². The topological polar surface area (TPSA) is 47.0 Å². The third-order valence-electron chi connectivity index (χ3n) is 7.91. The first kappa shape index (κ1) is 23.1. The molecule has 0 saturated carbocycles. The van der Waals surface area contributed by atoms with E-state index in [-0.39, 0.29) is 11.9 Å². The van der Waals surface area contributed by atoms with Crippen molar-refractivity contribution in [3.8, 4) is 5.75 Å². The van der Waals surface area contributed by atoms with Crippen LogP contribution in [0.4, 0.5) is 0 Å². The molecule has 2 aromatic carbocycles. The number of hydrogen-bond acceptors (Lipinski definition) is 4. The Hall–Kier alpha value is -2.63. The number of carbonyl (C=O) groups is 1. The predicted molar refractivity (Wildman–Crippen MR) is 136 cm³/mol. The summed E-state index contributed by atoms with van der Waals surface area (Å²) in [5.41, 5.74) is 3.05. The Kier molecular flexibility index (Phi) is 7.02. The van der Waals surface area contributed by atoms with Crippen LogP contribution in [-0.4, -0.2) is 70.5 Å². The molecule has 2 aromatic rings. The number of piperazine rings is 1. The number of piperidine rings is 2. The number of hydrogen-bond donors (Lipinski definition) is 1. The maximum Gasteiger partial charge on any atom is 0.253 e. The van der Waals surface area contributed by atoms with Gasteiger partial charge in [0.05, 0.1) is 6.04 Å². The molecule has 3 aliphatic rings. The molecule has 34 heavy (non-hydrogen) atoms. The molecule has 1 amide bonds. The van der Waals surface area contributed by atoms with Crippen LogP contribution in [0.15, 0.2) is 61.2 Å². The quantitative estimate of drug-likeness (QED) is 0.629. The van der Waals surface area contributed by atoms with Crippen LogP contribution < -0.4 is 0 Å². The van der Waals surface area contributed by atoms with E-state index in [1.54, 1.807) is 6.07 Å². The number of phenols is 1. The molecule has 5 rings (SSSR count). The molecule has 0 aromatic heterocycles. The van der Waals surface area contributed by atoms with Crippen molar-refractivity contribution < 1.29 is 9.90 Å². The summed E-state index contributed by atoms with van der Waals surface area (Å²) in [6, 6.07) is 17.0. The molecule has 3 aliphatic heterocycles. The SMILES string of the molecule is C=CCN1C2CCCC1CN(C(c1ccc(C(=O)N3CCCCC3)cc1)c1cccc(O)c1)C2. The number of phenolic OH excluding ortho intramolecular Hbond substituents is 1. The smallest absolute Gasteiger partial charge is 0.253 e. The summed E-state index contributed by atoms with van der Waals surface area (Å²) in [7, 11) is 0. The monoisotopic (exact) mass is 459 g/mol. The minimum atomic E-state index is 0.0558. The fourth-order valence-corrected chi connectivity index (χ4v) is 6.28. The van der Waals surface area contributed by atoms with E-state index in [4.69, 9.17) is 0 Å². The van der Waals surface area contributed by atoms with Crippen LogP contribution in [0.3, 0.4) is 0 Å². The third-order valence-corrected chi connectivity index (χ3v) is 7.91. The van der Waals surface area contributed by atoms with Crippen LogP contribution in [0.1, 0.15) is 66.1 Å². The molecule has 5 nitrogen and oxygen atoms in total. The number of fused-ring (bicyclic) bond motifs is 2. The molecule has 3 heterocycles. The first-order valence-electron chi connectivity index (χ1n) is 12.9. The summed E-state index contributed by atoms with van der Waals surface area (Å²) in [5, 5.41) is 10.3. The Morgan fingerprint density at radius 3 is 2.32 bits per heavy atom. The maximum atomic E-state index is 13.0. The van der Waals surface area contributed by atoms with Crippen molar-refractivity contribution in [2.24, 2.45) is 0 Å². The second-order valence-electron chi connectivity index (χ2n) is 10.2. The number of carbonyl (C=O) groups excluding carboxylic acids is 1. The molecule has 3 fully saturated rings. The fraction of sp³-hybridized carbons (Fsp3) is 0.483. The standard InChI is InChI=1S/C29H37N3O2/c1-2-16-32-25-9-7-10-26(32)21-31(20-25)28(24-8-6-11-27(33)19-24)22-12-14-23(15-13-22)29(34)30-17-4-3-5-18-30/h2,6,8,11-15,19,25-26,28,33H,1,3-5,7,9-10,16-18,20-21H2. The van der Waals surface area contributed by atoms with Crippen LogP contribution >= 0.6 is 0 Å². The van der Waals surface area contributed by atoms with Gasteiger partial charge in [-0.25, -0.2) is 0 Å². The summed E-state index contributed by atoms with van der Waals surface area (Å²) < 4.78 is 0. The van der Waals surface area contributed by atoms with Crippen LogP contribution in [0.25, 0.3) is 0 Å². The highest BCUT2D eigenvalue weighted by Crippen LogP contribution is 2.37. The van der Waals surface area contributed by atoms with Crippen molar-refractivity contribution in [1.29, 1.82) is 0 Å². The predicted octanol–water partition coefficient (Wildman–Crippen LogP) is 4.83. The summed E-state index contributed by atoms with van der Waals surface area (Å²) in [5.74, 6) is 0.442. The number of amides is 1. The minimum Gasteiger partial charge on any atom is -0.508 e. The van der Waals surface area contributed by atoms with Crippen molar-refractivity contribution in [1.82, 2.24) is 14.7 Å². The molecule has 0 spiro atoms. The maximum absolute atomic E-state index is 13.0. The Morgan fingerprint density at radius 1 is 0.971 bits per heavy atom. The normalized spacial score (nSPS) is 24.5. The molecule has 5 heteroatoms. The zero-order valence-corrected chi connectivity index (χ0v) is 20.1. The number of aromatic hydroxyl groups is 1. The number of rotatable bonds is 6. The minimum absolute atomic E-state index is 0.0558. The van der Waals surface area contributed by atoms with Crippen molar-refractivity contribution in [2.45, 2.75) is 56.7 Å². The molecule has 0 radical (unpaired) electrons. The summed E-state index contributed by atoms with van der Waals surface area (Å²) in [6.45, 7) is 8.66. The third kappa shape index (κ3) is 4.77. The van der Waals surface area contributed by atoms with Gasteiger partial charge in [-0.05, 0) is 67.5 Å². The molecule has 3 saturated heterocycles. The average Bonchev–Trinajstić information content (AvgIpc) is 2.85. The van der Waals surface area contributed by atoms with Gasteiger partial charge in [0.2, 0.25) is 0 Å². The number of likely N-dealkylation sites (tertiary alicyclic amines) is 2. The van der Waals surface area contributed by atoms with Crippen LogP contribution in [0, 0.1) is 0 Å². The van der Waals surface area contributed by atoms with E-state index in [0.29, 0.717) is 17.8 Å². The second-order valence-corrected chi connectivity index (χ2v) is 10.2. The van der Waals surface area contributed by atoms with Gasteiger partial charge in [-0.15, -0.1) is 6.58 Å². The van der Waals surface area contributed by atoms with E-state index >= 15 is 0 Å². The Morgan fingerprint density at radius 2 is 1.68 bits per heavy atom. The Labute approximate surface area is 203 Å². The molecule has 1 N–H and O–H groups in total. The zero-order valence-electron chi connectivity index (χ0n) is 20.1. The van der Waals surface area contributed by atoms with Gasteiger partial charge in [0, 0.05) is 50.4 Å². The lowest BCUT2D eigenvalue weighted by atomic mass is 9.87. The van der Waals surface area contributed by atoms with Gasteiger partial charge >= 0.3 is 0 Å². The van der Waals surface area contributed by atoms with Crippen LogP contribution in [-0.2, 0) is 0 Å². The molecular weight excluding hydrogens is 422 g/mol.